The zero-order chi connectivity index (χ0) is 10.7. The number of carbonyl (C=O) groups is 1. The molecule has 0 aliphatic carbocycles. The van der Waals surface area contributed by atoms with E-state index in [1.165, 1.54) is 5.57 Å². The molecule has 0 saturated heterocycles. The van der Waals surface area contributed by atoms with Gasteiger partial charge in [0, 0.05) is 6.92 Å². The summed E-state index contributed by atoms with van der Waals surface area (Å²) in [6.07, 6.45) is 10.3. The van der Waals surface area contributed by atoms with Gasteiger partial charge in [-0.05, 0) is 20.8 Å². The van der Waals surface area contributed by atoms with E-state index in [0.717, 1.165) is 6.92 Å². The molecule has 0 fully saturated rings. The van der Waals surface area contributed by atoms with Crippen molar-refractivity contribution in [2.24, 2.45) is 0 Å². The van der Waals surface area contributed by atoms with Crippen molar-refractivity contribution in [3.05, 3.63) is 36.0 Å². The maximum atomic E-state index is 9.00. The van der Waals surface area contributed by atoms with E-state index in [9.17, 15) is 0 Å². The summed E-state index contributed by atoms with van der Waals surface area (Å²) >= 11 is 0. The molecule has 0 aliphatic rings. The molecule has 13 heavy (non-hydrogen) atoms. The Bertz CT molecular complexity index is 206. The highest BCUT2D eigenvalue weighted by molar-refractivity contribution is 5.62. The minimum atomic E-state index is -0.833. The third kappa shape index (κ3) is 24.9. The van der Waals surface area contributed by atoms with Crippen molar-refractivity contribution < 1.29 is 9.90 Å². The molecule has 74 valence electrons. The lowest BCUT2D eigenvalue weighted by Gasteiger charge is -1.83. The Balaban J connectivity index is 0. The number of aliphatic carboxylic acids is 1. The van der Waals surface area contributed by atoms with E-state index >= 15 is 0 Å². The molecule has 0 unspecified atom stereocenters. The van der Waals surface area contributed by atoms with Gasteiger partial charge in [-0.1, -0.05) is 36.0 Å². The standard InChI is InChI=1S/C9H14.C2H4O2/c1-4-6-8-9(3)7-5-2;1-2(3)4/h4-8H,1-3H3;1H3,(H,3,4)/b6-4-,7-5-,9-8-;. The smallest absolute Gasteiger partial charge is 0.300 e. The summed E-state index contributed by atoms with van der Waals surface area (Å²) in [7, 11) is 0. The summed E-state index contributed by atoms with van der Waals surface area (Å²) in [6, 6.07) is 0. The molecule has 0 aromatic heterocycles. The molecule has 1 N–H and O–H groups in total. The van der Waals surface area contributed by atoms with Crippen molar-refractivity contribution in [3.63, 3.8) is 0 Å². The molecule has 0 aromatic rings. The first-order valence-electron chi connectivity index (χ1n) is 4.16. The van der Waals surface area contributed by atoms with Gasteiger partial charge in [0.05, 0.1) is 0 Å². The molecule has 2 heteroatoms. The molecule has 0 heterocycles. The summed E-state index contributed by atoms with van der Waals surface area (Å²) in [4.78, 5) is 9.00. The predicted molar refractivity (Wildman–Crippen MR) is 56.7 cm³/mol. The highest BCUT2D eigenvalue weighted by Gasteiger charge is 1.72. The van der Waals surface area contributed by atoms with Crippen LogP contribution in [0.2, 0.25) is 0 Å². The first-order chi connectivity index (χ1) is 6.04. The van der Waals surface area contributed by atoms with Crippen molar-refractivity contribution in [2.75, 3.05) is 0 Å². The van der Waals surface area contributed by atoms with E-state index in [4.69, 9.17) is 9.90 Å². The van der Waals surface area contributed by atoms with E-state index in [2.05, 4.69) is 19.1 Å². The zero-order valence-corrected chi connectivity index (χ0v) is 8.74. The molecule has 0 bridgehead atoms. The molecule has 0 spiro atoms. The molecule has 0 rings (SSSR count). The minimum absolute atomic E-state index is 0.833. The van der Waals surface area contributed by atoms with E-state index in [1.54, 1.807) is 0 Å². The van der Waals surface area contributed by atoms with E-state index < -0.39 is 5.97 Å². The van der Waals surface area contributed by atoms with Crippen molar-refractivity contribution in [2.45, 2.75) is 27.7 Å². The van der Waals surface area contributed by atoms with Gasteiger partial charge < -0.3 is 5.11 Å². The SMILES string of the molecule is CC(=O)O.C\C=C/C=C(C)\C=C/C. The molecule has 0 aliphatic heterocycles. The Morgan fingerprint density at radius 3 is 1.92 bits per heavy atom. The number of carboxylic acid groups (broad SMARTS) is 1. The summed E-state index contributed by atoms with van der Waals surface area (Å²) < 4.78 is 0. The van der Waals surface area contributed by atoms with Crippen LogP contribution in [0.25, 0.3) is 0 Å². The third-order valence-corrected chi connectivity index (χ3v) is 0.981. The van der Waals surface area contributed by atoms with E-state index in [1.807, 2.05) is 32.1 Å². The van der Waals surface area contributed by atoms with Crippen molar-refractivity contribution in [1.82, 2.24) is 0 Å². The van der Waals surface area contributed by atoms with Gasteiger partial charge in [-0.25, -0.2) is 0 Å². The van der Waals surface area contributed by atoms with Crippen molar-refractivity contribution in [1.29, 1.82) is 0 Å². The topological polar surface area (TPSA) is 37.3 Å². The van der Waals surface area contributed by atoms with Crippen LogP contribution in [0.3, 0.4) is 0 Å². The molecule has 0 radical (unpaired) electrons. The predicted octanol–water partition coefficient (Wildman–Crippen LogP) is 3.18. The average molecular weight is 182 g/mol. The molecule has 2 nitrogen and oxygen atoms in total. The molecule has 0 aromatic carbocycles. The highest BCUT2D eigenvalue weighted by atomic mass is 16.4. The van der Waals surface area contributed by atoms with Crippen LogP contribution in [-0.2, 0) is 4.79 Å². The lowest BCUT2D eigenvalue weighted by molar-refractivity contribution is -0.134. The molecule has 0 atom stereocenters. The van der Waals surface area contributed by atoms with Gasteiger partial charge in [0.15, 0.2) is 0 Å². The fourth-order valence-corrected chi connectivity index (χ4v) is 0.566. The minimum Gasteiger partial charge on any atom is -0.481 e. The zero-order valence-electron chi connectivity index (χ0n) is 8.74. The monoisotopic (exact) mass is 182 g/mol. The second kappa shape index (κ2) is 10.7. The number of carboxylic acids is 1. The van der Waals surface area contributed by atoms with Gasteiger partial charge in [-0.2, -0.15) is 0 Å². The summed E-state index contributed by atoms with van der Waals surface area (Å²) in [5.74, 6) is -0.833. The van der Waals surface area contributed by atoms with Gasteiger partial charge in [-0.3, -0.25) is 4.79 Å². The van der Waals surface area contributed by atoms with Crippen LogP contribution in [0.15, 0.2) is 36.0 Å². The molecule has 0 amide bonds. The maximum Gasteiger partial charge on any atom is 0.300 e. The highest BCUT2D eigenvalue weighted by Crippen LogP contribution is 1.93. The fraction of sp³-hybridized carbons (Fsp3) is 0.364. The Morgan fingerprint density at radius 1 is 1.15 bits per heavy atom. The van der Waals surface area contributed by atoms with Gasteiger partial charge in [0.1, 0.15) is 0 Å². The van der Waals surface area contributed by atoms with Crippen LogP contribution in [0, 0.1) is 0 Å². The van der Waals surface area contributed by atoms with E-state index in [0.29, 0.717) is 0 Å². The van der Waals surface area contributed by atoms with Gasteiger partial charge >= 0.3 is 0 Å². The largest absolute Gasteiger partial charge is 0.481 e. The third-order valence-electron chi connectivity index (χ3n) is 0.981. The normalized spacial score (nSPS) is 11.5. The van der Waals surface area contributed by atoms with Crippen molar-refractivity contribution in [3.8, 4) is 0 Å². The van der Waals surface area contributed by atoms with Gasteiger partial charge in [0.2, 0.25) is 0 Å². The number of hydrogen-bond donors (Lipinski definition) is 1. The fourth-order valence-electron chi connectivity index (χ4n) is 0.566. The van der Waals surface area contributed by atoms with Crippen LogP contribution in [-0.4, -0.2) is 11.1 Å². The maximum absolute atomic E-state index is 9.00. The average Bonchev–Trinajstić information content (AvgIpc) is 2.00. The lowest BCUT2D eigenvalue weighted by Crippen LogP contribution is -1.78. The Labute approximate surface area is 80.3 Å². The van der Waals surface area contributed by atoms with Crippen LogP contribution < -0.4 is 0 Å². The summed E-state index contributed by atoms with van der Waals surface area (Å²) in [5.41, 5.74) is 1.29. The van der Waals surface area contributed by atoms with Crippen LogP contribution in [0.5, 0.6) is 0 Å². The molecular weight excluding hydrogens is 164 g/mol. The lowest BCUT2D eigenvalue weighted by atomic mass is 10.2. The molecule has 0 saturated carbocycles. The van der Waals surface area contributed by atoms with Crippen LogP contribution in [0.1, 0.15) is 27.7 Å². The number of allylic oxidation sites excluding steroid dienone is 6. The first kappa shape index (κ1) is 14.2. The quantitative estimate of drug-likeness (QED) is 0.666. The van der Waals surface area contributed by atoms with Gasteiger partial charge in [-0.15, -0.1) is 0 Å². The first-order valence-corrected chi connectivity index (χ1v) is 4.16. The Morgan fingerprint density at radius 2 is 1.62 bits per heavy atom. The van der Waals surface area contributed by atoms with Crippen LogP contribution in [0.4, 0.5) is 0 Å². The van der Waals surface area contributed by atoms with E-state index in [-0.39, 0.29) is 0 Å². The number of rotatable bonds is 2. The second-order valence-corrected chi connectivity index (χ2v) is 2.46. The Hall–Kier alpha value is -1.31. The number of hydrogen-bond acceptors (Lipinski definition) is 1. The Kier molecular flexibility index (Phi) is 11.7. The summed E-state index contributed by atoms with van der Waals surface area (Å²) in [5, 5.41) is 7.42. The molecular formula is C11H18O2. The van der Waals surface area contributed by atoms with Crippen molar-refractivity contribution >= 4 is 5.97 Å². The van der Waals surface area contributed by atoms with Crippen LogP contribution >= 0.6 is 0 Å². The van der Waals surface area contributed by atoms with Gasteiger partial charge in [0.25, 0.3) is 5.97 Å². The second-order valence-electron chi connectivity index (χ2n) is 2.46. The summed E-state index contributed by atoms with van der Waals surface area (Å²) in [6.45, 7) is 7.20.